The van der Waals surface area contributed by atoms with Gasteiger partial charge in [-0.05, 0) is 73.9 Å². The summed E-state index contributed by atoms with van der Waals surface area (Å²) in [5.74, 6) is -0.316. The number of nitrogens with one attached hydrogen (secondary N) is 1. The van der Waals surface area contributed by atoms with Gasteiger partial charge < -0.3 is 15.0 Å². The minimum atomic E-state index is -4.15. The molecule has 0 radical (unpaired) electrons. The van der Waals surface area contributed by atoms with Crippen molar-refractivity contribution in [3.8, 4) is 5.75 Å². The maximum Gasteiger partial charge on any atom is 0.264 e. The average Bonchev–Trinajstić information content (AvgIpc) is 3.49. The highest BCUT2D eigenvalue weighted by Crippen LogP contribution is 2.28. The largest absolute Gasteiger partial charge is 0.497 e. The van der Waals surface area contributed by atoms with Gasteiger partial charge in [0.25, 0.3) is 10.0 Å². The summed E-state index contributed by atoms with van der Waals surface area (Å²) in [6.07, 6.45) is 3.86. The van der Waals surface area contributed by atoms with Crippen molar-refractivity contribution in [3.05, 3.63) is 88.4 Å². The Morgan fingerprint density at radius 2 is 1.63 bits per heavy atom. The molecule has 3 aromatic carbocycles. The van der Waals surface area contributed by atoms with Crippen molar-refractivity contribution in [2.24, 2.45) is 0 Å². The molecule has 11 heteroatoms. The number of hydrogen-bond donors (Lipinski definition) is 1. The summed E-state index contributed by atoms with van der Waals surface area (Å²) in [5.41, 5.74) is 0.927. The number of carbonyl (C=O) groups excluding carboxylic acids is 2. The minimum Gasteiger partial charge on any atom is -0.497 e. The first kappa shape index (κ1) is 30.7. The molecular formula is C30H33Cl2N3O5S. The highest BCUT2D eigenvalue weighted by molar-refractivity contribution is 7.92. The maximum atomic E-state index is 14.0. The van der Waals surface area contributed by atoms with E-state index in [1.54, 1.807) is 67.6 Å². The molecule has 0 aliphatic heterocycles. The van der Waals surface area contributed by atoms with Crippen LogP contribution in [0.2, 0.25) is 10.0 Å². The molecular weight excluding hydrogens is 585 g/mol. The lowest BCUT2D eigenvalue weighted by Crippen LogP contribution is -2.52. The standard InChI is InChI=1S/C30H33Cl2N3O5S/c1-21(30(37)33-23-8-6-7-9-23)34(19-22-12-17-27(31)28(32)18-22)29(36)20-35(24-13-15-25(40-2)16-14-24)41(38,39)26-10-4-3-5-11-26/h3-5,10-18,21,23H,6-9,19-20H2,1-2H3,(H,33,37)/t21-/m1/s1. The number of rotatable bonds is 11. The van der Waals surface area contributed by atoms with Crippen LogP contribution in [0.25, 0.3) is 0 Å². The molecule has 8 nitrogen and oxygen atoms in total. The number of hydrogen-bond acceptors (Lipinski definition) is 5. The smallest absolute Gasteiger partial charge is 0.264 e. The highest BCUT2D eigenvalue weighted by Gasteiger charge is 2.33. The summed E-state index contributed by atoms with van der Waals surface area (Å²) < 4.78 is 33.9. The molecule has 0 saturated heterocycles. The van der Waals surface area contributed by atoms with E-state index in [1.807, 2.05) is 0 Å². The van der Waals surface area contributed by atoms with Crippen LogP contribution in [0, 0.1) is 0 Å². The van der Waals surface area contributed by atoms with Crippen LogP contribution in [0.1, 0.15) is 38.2 Å². The second kappa shape index (κ2) is 13.6. The molecule has 0 bridgehead atoms. The summed E-state index contributed by atoms with van der Waals surface area (Å²) >= 11 is 12.3. The van der Waals surface area contributed by atoms with Gasteiger partial charge in [-0.15, -0.1) is 0 Å². The van der Waals surface area contributed by atoms with E-state index in [4.69, 9.17) is 27.9 Å². The summed E-state index contributed by atoms with van der Waals surface area (Å²) in [5, 5.41) is 3.72. The van der Waals surface area contributed by atoms with E-state index in [9.17, 15) is 18.0 Å². The van der Waals surface area contributed by atoms with Crippen molar-refractivity contribution >= 4 is 50.7 Å². The van der Waals surface area contributed by atoms with E-state index >= 15 is 0 Å². The van der Waals surface area contributed by atoms with Crippen molar-refractivity contribution in [3.63, 3.8) is 0 Å². The van der Waals surface area contributed by atoms with E-state index in [1.165, 1.54) is 24.1 Å². The molecule has 0 unspecified atom stereocenters. The average molecular weight is 619 g/mol. The number of benzene rings is 3. The molecule has 1 saturated carbocycles. The molecule has 1 aliphatic rings. The predicted molar refractivity (Wildman–Crippen MR) is 161 cm³/mol. The molecule has 1 N–H and O–H groups in total. The fraction of sp³-hybridized carbons (Fsp3) is 0.333. The van der Waals surface area contributed by atoms with E-state index in [-0.39, 0.29) is 29.1 Å². The van der Waals surface area contributed by atoms with Gasteiger partial charge in [0.1, 0.15) is 18.3 Å². The third kappa shape index (κ3) is 7.52. The Kier molecular flexibility index (Phi) is 10.2. The quantitative estimate of drug-likeness (QED) is 0.299. The zero-order valence-corrected chi connectivity index (χ0v) is 25.3. The zero-order chi connectivity index (χ0) is 29.6. The summed E-state index contributed by atoms with van der Waals surface area (Å²) in [6, 6.07) is 18.4. The number of methoxy groups -OCH3 is 1. The topological polar surface area (TPSA) is 96.0 Å². The molecule has 4 rings (SSSR count). The van der Waals surface area contributed by atoms with Gasteiger partial charge >= 0.3 is 0 Å². The fourth-order valence-corrected chi connectivity index (χ4v) is 6.56. The lowest BCUT2D eigenvalue weighted by Gasteiger charge is -2.32. The Morgan fingerprint density at radius 1 is 0.976 bits per heavy atom. The predicted octanol–water partition coefficient (Wildman–Crippen LogP) is 5.67. The SMILES string of the molecule is COc1ccc(N(CC(=O)N(Cc2ccc(Cl)c(Cl)c2)[C@H](C)C(=O)NC2CCCC2)S(=O)(=O)c2ccccc2)cc1. The highest BCUT2D eigenvalue weighted by atomic mass is 35.5. The van der Waals surface area contributed by atoms with Crippen LogP contribution >= 0.6 is 23.2 Å². The molecule has 1 atom stereocenters. The number of sulfonamides is 1. The van der Waals surface area contributed by atoms with Gasteiger partial charge in [0.15, 0.2) is 0 Å². The number of ether oxygens (including phenoxy) is 1. The number of halogens is 2. The second-order valence-electron chi connectivity index (χ2n) is 9.96. The van der Waals surface area contributed by atoms with Crippen molar-refractivity contribution in [2.45, 2.75) is 56.1 Å². The Hall–Kier alpha value is -3.27. The Morgan fingerprint density at radius 3 is 2.24 bits per heavy atom. The fourth-order valence-electron chi connectivity index (χ4n) is 4.81. The molecule has 0 spiro atoms. The second-order valence-corrected chi connectivity index (χ2v) is 12.6. The molecule has 2 amide bonds. The van der Waals surface area contributed by atoms with Crippen LogP contribution in [0.4, 0.5) is 5.69 Å². The van der Waals surface area contributed by atoms with Gasteiger partial charge in [-0.2, -0.15) is 0 Å². The van der Waals surface area contributed by atoms with Crippen LogP contribution in [0.3, 0.4) is 0 Å². The monoisotopic (exact) mass is 617 g/mol. The first-order chi connectivity index (χ1) is 19.6. The van der Waals surface area contributed by atoms with Crippen molar-refractivity contribution in [2.75, 3.05) is 18.0 Å². The van der Waals surface area contributed by atoms with Gasteiger partial charge in [-0.1, -0.05) is 60.3 Å². The van der Waals surface area contributed by atoms with Gasteiger partial charge in [0, 0.05) is 12.6 Å². The van der Waals surface area contributed by atoms with Crippen molar-refractivity contribution in [1.82, 2.24) is 10.2 Å². The van der Waals surface area contributed by atoms with E-state index < -0.39 is 28.5 Å². The first-order valence-electron chi connectivity index (χ1n) is 13.4. The molecule has 41 heavy (non-hydrogen) atoms. The number of carbonyl (C=O) groups is 2. The summed E-state index contributed by atoms with van der Waals surface area (Å²) in [4.78, 5) is 28.7. The van der Waals surface area contributed by atoms with Gasteiger partial charge in [0.2, 0.25) is 11.8 Å². The van der Waals surface area contributed by atoms with E-state index in [0.717, 1.165) is 30.0 Å². The van der Waals surface area contributed by atoms with Gasteiger partial charge in [-0.3, -0.25) is 13.9 Å². The lowest BCUT2D eigenvalue weighted by molar-refractivity contribution is -0.139. The van der Waals surface area contributed by atoms with E-state index in [2.05, 4.69) is 5.32 Å². The van der Waals surface area contributed by atoms with Crippen LogP contribution in [-0.4, -0.2) is 50.9 Å². The van der Waals surface area contributed by atoms with Crippen LogP contribution in [-0.2, 0) is 26.2 Å². The van der Waals surface area contributed by atoms with Gasteiger partial charge in [-0.25, -0.2) is 8.42 Å². The molecule has 0 heterocycles. The van der Waals surface area contributed by atoms with Gasteiger partial charge in [0.05, 0.1) is 27.7 Å². The van der Waals surface area contributed by atoms with E-state index in [0.29, 0.717) is 21.4 Å². The number of nitrogens with zero attached hydrogens (tertiary/aromatic N) is 2. The number of amides is 2. The minimum absolute atomic E-state index is 0.0246. The molecule has 218 valence electrons. The molecule has 1 fully saturated rings. The Labute approximate surface area is 251 Å². The summed E-state index contributed by atoms with van der Waals surface area (Å²) in [6.45, 7) is 1.13. The first-order valence-corrected chi connectivity index (χ1v) is 15.6. The maximum absolute atomic E-state index is 14.0. The molecule has 0 aromatic heterocycles. The Bertz CT molecular complexity index is 1460. The van der Waals surface area contributed by atoms with Crippen molar-refractivity contribution in [1.29, 1.82) is 0 Å². The molecule has 3 aromatic rings. The van der Waals surface area contributed by atoms with Crippen LogP contribution in [0.15, 0.2) is 77.7 Å². The third-order valence-electron chi connectivity index (χ3n) is 7.18. The molecule has 1 aliphatic carbocycles. The van der Waals surface area contributed by atoms with Crippen LogP contribution < -0.4 is 14.4 Å². The number of anilines is 1. The van der Waals surface area contributed by atoms with Crippen LogP contribution in [0.5, 0.6) is 5.75 Å². The normalized spacial score (nSPS) is 14.3. The third-order valence-corrected chi connectivity index (χ3v) is 9.70. The van der Waals surface area contributed by atoms with Crippen molar-refractivity contribution < 1.29 is 22.7 Å². The lowest BCUT2D eigenvalue weighted by atomic mass is 10.1. The Balaban J connectivity index is 1.69. The zero-order valence-electron chi connectivity index (χ0n) is 22.9. The summed E-state index contributed by atoms with van der Waals surface area (Å²) in [7, 11) is -2.64.